The summed E-state index contributed by atoms with van der Waals surface area (Å²) >= 11 is 1.45. The van der Waals surface area contributed by atoms with Crippen LogP contribution in [0.5, 0.6) is 5.75 Å². The predicted molar refractivity (Wildman–Crippen MR) is 128 cm³/mol. The minimum atomic E-state index is -2.91. The fourth-order valence-electron chi connectivity index (χ4n) is 3.57. The normalized spacial score (nSPS) is 19.5. The number of ether oxygens (including phenoxy) is 2. The van der Waals surface area contributed by atoms with E-state index in [4.69, 9.17) is 4.74 Å². The lowest BCUT2D eigenvalue weighted by atomic mass is 10.1. The predicted octanol–water partition coefficient (Wildman–Crippen LogP) is 5.01. The lowest BCUT2D eigenvalue weighted by Crippen LogP contribution is -2.31. The first-order chi connectivity index (χ1) is 15.9. The molecule has 4 rings (SSSR count). The van der Waals surface area contributed by atoms with Gasteiger partial charge in [0.15, 0.2) is 5.17 Å². The van der Waals surface area contributed by atoms with Crippen molar-refractivity contribution in [1.29, 1.82) is 0 Å². The Morgan fingerprint density at radius 1 is 1.21 bits per heavy atom. The highest BCUT2D eigenvalue weighted by atomic mass is 32.2. The van der Waals surface area contributed by atoms with Crippen LogP contribution < -0.4 is 14.5 Å². The Morgan fingerprint density at radius 2 is 1.94 bits per heavy atom. The van der Waals surface area contributed by atoms with Gasteiger partial charge in [-0.1, -0.05) is 23.9 Å². The maximum absolute atomic E-state index is 13.3. The minimum Gasteiger partial charge on any atom is -0.435 e. The quantitative estimate of drug-likeness (QED) is 0.529. The Hall–Kier alpha value is -2.91. The van der Waals surface area contributed by atoms with Crippen molar-refractivity contribution in [1.82, 2.24) is 0 Å². The molecule has 2 aliphatic rings. The second kappa shape index (κ2) is 10.4. The van der Waals surface area contributed by atoms with Gasteiger partial charge in [0.1, 0.15) is 11.4 Å². The van der Waals surface area contributed by atoms with Crippen LogP contribution in [0.25, 0.3) is 6.08 Å². The highest BCUT2D eigenvalue weighted by molar-refractivity contribution is 8.14. The SMILES string of the molecule is CN(C)c1ccc(/C=C2\N=C(SCC3CCCO3)N(c3ccc(OC(F)F)cc3)C2=O)cc1. The van der Waals surface area contributed by atoms with E-state index in [0.29, 0.717) is 22.3 Å². The van der Waals surface area contributed by atoms with Crippen LogP contribution in [0.4, 0.5) is 20.2 Å². The van der Waals surface area contributed by atoms with Crippen molar-refractivity contribution in [3.05, 3.63) is 59.8 Å². The van der Waals surface area contributed by atoms with Crippen molar-refractivity contribution < 1.29 is 23.0 Å². The van der Waals surface area contributed by atoms with Crippen LogP contribution in [0.2, 0.25) is 0 Å². The lowest BCUT2D eigenvalue weighted by molar-refractivity contribution is -0.113. The first-order valence-corrected chi connectivity index (χ1v) is 11.6. The molecule has 6 nitrogen and oxygen atoms in total. The molecule has 174 valence electrons. The van der Waals surface area contributed by atoms with Crippen molar-refractivity contribution in [2.75, 3.05) is 36.3 Å². The summed E-state index contributed by atoms with van der Waals surface area (Å²) < 4.78 is 35.1. The molecule has 2 aromatic rings. The van der Waals surface area contributed by atoms with Gasteiger partial charge in [-0.25, -0.2) is 4.99 Å². The molecule has 2 aliphatic heterocycles. The van der Waals surface area contributed by atoms with Crippen molar-refractivity contribution >= 4 is 40.3 Å². The standard InChI is InChI=1S/C24H25F2N3O3S/c1-28(2)17-7-5-16(6-8-17)14-21-22(30)29(18-9-11-19(12-10-18)32-23(25)26)24(27-21)33-15-20-4-3-13-31-20/h5-12,14,20,23H,3-4,13,15H2,1-2H3/b21-14-. The average Bonchev–Trinajstić information content (AvgIpc) is 3.41. The molecule has 1 amide bonds. The summed E-state index contributed by atoms with van der Waals surface area (Å²) in [5.41, 5.74) is 2.76. The molecule has 0 aliphatic carbocycles. The van der Waals surface area contributed by atoms with Crippen LogP contribution in [-0.2, 0) is 9.53 Å². The van der Waals surface area contributed by atoms with Gasteiger partial charge in [0, 0.05) is 32.1 Å². The van der Waals surface area contributed by atoms with Gasteiger partial charge >= 0.3 is 6.61 Å². The third-order valence-corrected chi connectivity index (χ3v) is 6.36. The number of benzene rings is 2. The largest absolute Gasteiger partial charge is 0.435 e. The number of alkyl halides is 2. The van der Waals surface area contributed by atoms with E-state index in [2.05, 4.69) is 9.73 Å². The molecule has 1 fully saturated rings. The van der Waals surface area contributed by atoms with E-state index in [1.807, 2.05) is 43.3 Å². The van der Waals surface area contributed by atoms with Gasteiger partial charge in [-0.2, -0.15) is 8.78 Å². The van der Waals surface area contributed by atoms with Gasteiger partial charge in [-0.15, -0.1) is 0 Å². The molecule has 0 N–H and O–H groups in total. The number of amides is 1. The highest BCUT2D eigenvalue weighted by Crippen LogP contribution is 2.32. The highest BCUT2D eigenvalue weighted by Gasteiger charge is 2.33. The third kappa shape index (κ3) is 5.72. The zero-order valence-corrected chi connectivity index (χ0v) is 19.2. The summed E-state index contributed by atoms with van der Waals surface area (Å²) in [6, 6.07) is 13.8. The molecule has 2 aromatic carbocycles. The number of amidine groups is 1. The Morgan fingerprint density at radius 3 is 2.55 bits per heavy atom. The molecule has 0 aromatic heterocycles. The molecule has 0 saturated carbocycles. The number of hydrogen-bond donors (Lipinski definition) is 0. The fourth-order valence-corrected chi connectivity index (χ4v) is 4.65. The lowest BCUT2D eigenvalue weighted by Gasteiger charge is -2.19. The molecule has 2 heterocycles. The van der Waals surface area contributed by atoms with Crippen LogP contribution in [-0.4, -0.2) is 50.2 Å². The zero-order chi connectivity index (χ0) is 23.4. The van der Waals surface area contributed by atoms with Crippen molar-refractivity contribution in [2.24, 2.45) is 4.99 Å². The summed E-state index contributed by atoms with van der Waals surface area (Å²) in [6.45, 7) is -2.16. The van der Waals surface area contributed by atoms with E-state index < -0.39 is 6.61 Å². The van der Waals surface area contributed by atoms with Gasteiger partial charge in [0.2, 0.25) is 0 Å². The molecule has 33 heavy (non-hydrogen) atoms. The second-order valence-electron chi connectivity index (χ2n) is 7.87. The van der Waals surface area contributed by atoms with E-state index in [0.717, 1.165) is 30.7 Å². The van der Waals surface area contributed by atoms with Gasteiger partial charge in [-0.3, -0.25) is 9.69 Å². The summed E-state index contributed by atoms with van der Waals surface area (Å²) in [6.07, 6.45) is 3.89. The number of anilines is 2. The Kier molecular flexibility index (Phi) is 7.29. The van der Waals surface area contributed by atoms with Crippen molar-refractivity contribution in [2.45, 2.75) is 25.6 Å². The van der Waals surface area contributed by atoms with Gasteiger partial charge in [0.05, 0.1) is 11.8 Å². The molecule has 0 spiro atoms. The number of halogens is 2. The monoisotopic (exact) mass is 473 g/mol. The zero-order valence-electron chi connectivity index (χ0n) is 18.4. The second-order valence-corrected chi connectivity index (χ2v) is 8.86. The number of rotatable bonds is 7. The first-order valence-electron chi connectivity index (χ1n) is 10.6. The smallest absolute Gasteiger partial charge is 0.387 e. The first kappa shape index (κ1) is 23.3. The fraction of sp³-hybridized carbons (Fsp3) is 0.333. The van der Waals surface area contributed by atoms with E-state index in [9.17, 15) is 13.6 Å². The molecule has 0 bridgehead atoms. The van der Waals surface area contributed by atoms with E-state index in [1.165, 1.54) is 28.8 Å². The van der Waals surface area contributed by atoms with E-state index in [1.54, 1.807) is 18.2 Å². The molecule has 1 saturated heterocycles. The topological polar surface area (TPSA) is 54.4 Å². The van der Waals surface area contributed by atoms with E-state index in [-0.39, 0.29) is 17.8 Å². The Bertz CT molecular complexity index is 1030. The van der Waals surface area contributed by atoms with Gasteiger partial charge in [-0.05, 0) is 60.9 Å². The molecular weight excluding hydrogens is 448 g/mol. The average molecular weight is 474 g/mol. The van der Waals surface area contributed by atoms with Crippen LogP contribution in [0.1, 0.15) is 18.4 Å². The van der Waals surface area contributed by atoms with Crippen LogP contribution >= 0.6 is 11.8 Å². The summed E-state index contributed by atoms with van der Waals surface area (Å²) in [4.78, 5) is 21.4. The maximum atomic E-state index is 13.3. The Labute approximate surface area is 195 Å². The molecule has 0 radical (unpaired) electrons. The maximum Gasteiger partial charge on any atom is 0.387 e. The molecular formula is C24H25F2N3O3S. The van der Waals surface area contributed by atoms with Crippen molar-refractivity contribution in [3.63, 3.8) is 0 Å². The van der Waals surface area contributed by atoms with Gasteiger partial charge in [0.25, 0.3) is 5.91 Å². The van der Waals surface area contributed by atoms with E-state index >= 15 is 0 Å². The molecule has 1 atom stereocenters. The number of aliphatic imine (C=N–C) groups is 1. The van der Waals surface area contributed by atoms with Crippen molar-refractivity contribution in [3.8, 4) is 5.75 Å². The third-order valence-electron chi connectivity index (χ3n) is 5.28. The summed E-state index contributed by atoms with van der Waals surface area (Å²) in [5.74, 6) is 0.437. The number of thioether (sulfide) groups is 1. The number of hydrogen-bond acceptors (Lipinski definition) is 6. The van der Waals surface area contributed by atoms with Crippen LogP contribution in [0.15, 0.2) is 59.2 Å². The summed E-state index contributed by atoms with van der Waals surface area (Å²) in [5, 5.41) is 0.536. The number of carbonyl (C=O) groups is 1. The molecule has 9 heteroatoms. The number of nitrogens with zero attached hydrogens (tertiary/aromatic N) is 3. The van der Waals surface area contributed by atoms with Crippen LogP contribution in [0, 0.1) is 0 Å². The summed E-state index contributed by atoms with van der Waals surface area (Å²) in [7, 11) is 3.93. The minimum absolute atomic E-state index is 0.0302. The van der Waals surface area contributed by atoms with Crippen LogP contribution in [0.3, 0.4) is 0 Å². The molecule has 1 unspecified atom stereocenters. The Balaban J connectivity index is 1.59. The van der Waals surface area contributed by atoms with Gasteiger partial charge < -0.3 is 14.4 Å². The number of carbonyl (C=O) groups excluding carboxylic acids is 1.